The average molecular weight is 622 g/mol. The van der Waals surface area contributed by atoms with Crippen LogP contribution >= 0.6 is 0 Å². The van der Waals surface area contributed by atoms with E-state index < -0.39 is 0 Å². The molecule has 1 saturated heterocycles. The van der Waals surface area contributed by atoms with Crippen LogP contribution in [-0.4, -0.2) is 43.3 Å². The SMILES string of the molecule is CCC(CC(C)=O)c1ncc2cc(CN3CCCC3=O)c(Oc3ccc(-c4ccc(C(C)C)nn4)cc3)cc2n1.CCCC1CC1. The zero-order valence-electron chi connectivity index (χ0n) is 28.0. The molecule has 0 radical (unpaired) electrons. The summed E-state index contributed by atoms with van der Waals surface area (Å²) in [5, 5.41) is 9.59. The standard InChI is InChI=1S/C32H35N5O3.C6H12/c1-5-22(15-21(4)38)32-33-18-24-16-25(19-37-14-6-7-31(37)39)30(17-29(24)34-32)40-26-10-8-23(9-11-26)28-13-12-27(20(2)3)35-36-28;1-2-3-6-4-5-6/h8-13,16-18,20,22H,5-7,14-15,19H2,1-4H3;6H,2-5H2,1H3. The molecule has 0 spiro atoms. The van der Waals surface area contributed by atoms with Crippen LogP contribution in [0.4, 0.5) is 0 Å². The van der Waals surface area contributed by atoms with E-state index >= 15 is 0 Å². The Balaban J connectivity index is 0.000000624. The van der Waals surface area contributed by atoms with Crippen LogP contribution in [-0.2, 0) is 16.1 Å². The van der Waals surface area contributed by atoms with Crippen molar-refractivity contribution in [2.45, 2.75) is 104 Å². The molecule has 2 aromatic heterocycles. The molecule has 1 aliphatic heterocycles. The normalized spacial score (nSPS) is 15.2. The van der Waals surface area contributed by atoms with E-state index in [2.05, 4.69) is 36.0 Å². The molecule has 3 heterocycles. The maximum atomic E-state index is 12.4. The number of ketones is 1. The highest BCUT2D eigenvalue weighted by molar-refractivity contribution is 5.82. The fourth-order valence-electron chi connectivity index (χ4n) is 5.82. The number of Topliss-reactive ketones (excluding diaryl/α,β-unsaturated/α-hetero) is 1. The third-order valence-corrected chi connectivity index (χ3v) is 8.75. The van der Waals surface area contributed by atoms with Gasteiger partial charge in [0.25, 0.3) is 0 Å². The van der Waals surface area contributed by atoms with Gasteiger partial charge in [-0.05, 0) is 74.1 Å². The lowest BCUT2D eigenvalue weighted by Gasteiger charge is -2.19. The van der Waals surface area contributed by atoms with Crippen LogP contribution in [0.1, 0.15) is 115 Å². The molecule has 8 nitrogen and oxygen atoms in total. The quantitative estimate of drug-likeness (QED) is 0.156. The van der Waals surface area contributed by atoms with Crippen molar-refractivity contribution in [3.05, 3.63) is 71.8 Å². The monoisotopic (exact) mass is 621 g/mol. The molecule has 2 aromatic carbocycles. The summed E-state index contributed by atoms with van der Waals surface area (Å²) in [5.74, 6) is 3.69. The lowest BCUT2D eigenvalue weighted by Crippen LogP contribution is -2.24. The van der Waals surface area contributed by atoms with Crippen molar-refractivity contribution in [3.8, 4) is 22.8 Å². The molecule has 1 atom stereocenters. The number of carbonyl (C=O) groups is 2. The van der Waals surface area contributed by atoms with Gasteiger partial charge in [0, 0.05) is 60.6 Å². The lowest BCUT2D eigenvalue weighted by molar-refractivity contribution is -0.128. The Labute approximate surface area is 273 Å². The number of nitrogens with zero attached hydrogens (tertiary/aromatic N) is 5. The molecular formula is C38H47N5O3. The van der Waals surface area contributed by atoms with Crippen LogP contribution in [0.25, 0.3) is 22.2 Å². The second kappa shape index (κ2) is 15.4. The molecule has 8 heteroatoms. The number of benzene rings is 2. The van der Waals surface area contributed by atoms with Gasteiger partial charge >= 0.3 is 0 Å². The largest absolute Gasteiger partial charge is 0.457 e. The minimum atomic E-state index is -0.0292. The number of fused-ring (bicyclic) bond motifs is 1. The third-order valence-electron chi connectivity index (χ3n) is 8.75. The van der Waals surface area contributed by atoms with Crippen LogP contribution in [0.3, 0.4) is 0 Å². The van der Waals surface area contributed by atoms with Crippen LogP contribution in [0.2, 0.25) is 0 Å². The van der Waals surface area contributed by atoms with Crippen LogP contribution in [0.15, 0.2) is 54.7 Å². The first-order valence-electron chi connectivity index (χ1n) is 16.9. The van der Waals surface area contributed by atoms with Gasteiger partial charge < -0.3 is 14.4 Å². The van der Waals surface area contributed by atoms with Gasteiger partial charge in [-0.15, -0.1) is 0 Å². The van der Waals surface area contributed by atoms with Crippen LogP contribution in [0.5, 0.6) is 11.5 Å². The molecule has 2 fully saturated rings. The first-order chi connectivity index (χ1) is 22.2. The maximum absolute atomic E-state index is 12.4. The molecule has 4 aromatic rings. The van der Waals surface area contributed by atoms with E-state index in [9.17, 15) is 9.59 Å². The van der Waals surface area contributed by atoms with Crippen molar-refractivity contribution in [1.29, 1.82) is 0 Å². The Morgan fingerprint density at radius 1 is 1.04 bits per heavy atom. The minimum absolute atomic E-state index is 0.0292. The summed E-state index contributed by atoms with van der Waals surface area (Å²) in [6.07, 6.45) is 10.4. The van der Waals surface area contributed by atoms with Crippen LogP contribution in [0, 0.1) is 5.92 Å². The summed E-state index contributed by atoms with van der Waals surface area (Å²) in [4.78, 5) is 35.5. The molecule has 6 rings (SSSR count). The number of carbonyl (C=O) groups excluding carboxylic acids is 2. The van der Waals surface area contributed by atoms with Gasteiger partial charge in [-0.2, -0.15) is 10.2 Å². The smallest absolute Gasteiger partial charge is 0.222 e. The van der Waals surface area contributed by atoms with Gasteiger partial charge in [-0.1, -0.05) is 53.4 Å². The predicted octanol–water partition coefficient (Wildman–Crippen LogP) is 8.79. The van der Waals surface area contributed by atoms with Crippen molar-refractivity contribution in [1.82, 2.24) is 25.1 Å². The Bertz CT molecular complexity index is 1630. The molecule has 46 heavy (non-hydrogen) atoms. The number of amides is 1. The van der Waals surface area contributed by atoms with Gasteiger partial charge in [-0.25, -0.2) is 9.97 Å². The van der Waals surface area contributed by atoms with Crippen molar-refractivity contribution in [2.75, 3.05) is 6.54 Å². The van der Waals surface area contributed by atoms with Gasteiger partial charge in [0.05, 0.1) is 16.9 Å². The number of likely N-dealkylation sites (tertiary alicyclic amines) is 1. The molecule has 0 N–H and O–H groups in total. The van der Waals surface area contributed by atoms with Gasteiger partial charge in [0.15, 0.2) is 0 Å². The van der Waals surface area contributed by atoms with E-state index in [0.717, 1.165) is 58.7 Å². The topological polar surface area (TPSA) is 98.2 Å². The number of rotatable bonds is 12. The van der Waals surface area contributed by atoms with Crippen LogP contribution < -0.4 is 4.74 Å². The molecule has 242 valence electrons. The second-order valence-electron chi connectivity index (χ2n) is 13.0. The van der Waals surface area contributed by atoms with E-state index in [1.54, 1.807) is 13.1 Å². The maximum Gasteiger partial charge on any atom is 0.222 e. The van der Waals surface area contributed by atoms with Gasteiger partial charge in [0.2, 0.25) is 5.91 Å². The first-order valence-corrected chi connectivity index (χ1v) is 16.9. The summed E-state index contributed by atoms with van der Waals surface area (Å²) >= 11 is 0. The number of hydrogen-bond acceptors (Lipinski definition) is 7. The van der Waals surface area contributed by atoms with Crippen molar-refractivity contribution in [2.24, 2.45) is 5.92 Å². The third kappa shape index (κ3) is 8.74. The Morgan fingerprint density at radius 2 is 1.83 bits per heavy atom. The van der Waals surface area contributed by atoms with E-state index in [4.69, 9.17) is 9.72 Å². The summed E-state index contributed by atoms with van der Waals surface area (Å²) < 4.78 is 6.41. The zero-order valence-corrected chi connectivity index (χ0v) is 28.0. The lowest BCUT2D eigenvalue weighted by atomic mass is 9.99. The highest BCUT2D eigenvalue weighted by Crippen LogP contribution is 2.34. The highest BCUT2D eigenvalue weighted by Gasteiger charge is 2.23. The fraction of sp³-hybridized carbons (Fsp3) is 0.474. The van der Waals surface area contributed by atoms with Crippen molar-refractivity contribution in [3.63, 3.8) is 0 Å². The minimum Gasteiger partial charge on any atom is -0.457 e. The molecule has 1 saturated carbocycles. The van der Waals surface area contributed by atoms with Gasteiger partial charge in [0.1, 0.15) is 23.1 Å². The second-order valence-corrected chi connectivity index (χ2v) is 13.0. The van der Waals surface area contributed by atoms with E-state index in [1.165, 1.54) is 25.7 Å². The molecule has 1 amide bonds. The summed E-state index contributed by atoms with van der Waals surface area (Å²) in [5.41, 5.74) is 4.35. The molecule has 1 aliphatic carbocycles. The molecule has 0 bridgehead atoms. The van der Waals surface area contributed by atoms with E-state index in [1.807, 2.05) is 60.4 Å². The molecule has 2 aliphatic rings. The summed E-state index contributed by atoms with van der Waals surface area (Å²) in [6.45, 7) is 11.3. The summed E-state index contributed by atoms with van der Waals surface area (Å²) in [6, 6.07) is 15.7. The van der Waals surface area contributed by atoms with E-state index in [0.29, 0.717) is 42.6 Å². The molecule has 1 unspecified atom stereocenters. The van der Waals surface area contributed by atoms with Gasteiger partial charge in [-0.3, -0.25) is 4.79 Å². The Kier molecular flexibility index (Phi) is 11.1. The first kappa shape index (κ1) is 33.2. The number of ether oxygens (including phenoxy) is 1. The fourth-order valence-corrected chi connectivity index (χ4v) is 5.82. The highest BCUT2D eigenvalue weighted by atomic mass is 16.5. The Morgan fingerprint density at radius 3 is 2.39 bits per heavy atom. The molecular weight excluding hydrogens is 574 g/mol. The predicted molar refractivity (Wildman–Crippen MR) is 182 cm³/mol. The van der Waals surface area contributed by atoms with E-state index in [-0.39, 0.29) is 17.6 Å². The van der Waals surface area contributed by atoms with Crippen molar-refractivity contribution < 1.29 is 14.3 Å². The average Bonchev–Trinajstić information content (AvgIpc) is 3.79. The number of aromatic nitrogens is 4. The zero-order chi connectivity index (χ0) is 32.6. The summed E-state index contributed by atoms with van der Waals surface area (Å²) in [7, 11) is 0. The van der Waals surface area contributed by atoms with Crippen molar-refractivity contribution >= 4 is 22.6 Å². The number of hydrogen-bond donors (Lipinski definition) is 0. The Hall–Kier alpha value is -4.20.